The fourth-order valence-corrected chi connectivity index (χ4v) is 3.14. The lowest BCUT2D eigenvalue weighted by Crippen LogP contribution is -2.11. The molecule has 3 rings (SSSR count). The van der Waals surface area contributed by atoms with Gasteiger partial charge < -0.3 is 4.57 Å². The summed E-state index contributed by atoms with van der Waals surface area (Å²) in [6.45, 7) is 0. The van der Waals surface area contributed by atoms with Gasteiger partial charge in [-0.2, -0.15) is 0 Å². The summed E-state index contributed by atoms with van der Waals surface area (Å²) in [6, 6.07) is 17.0. The van der Waals surface area contributed by atoms with Crippen LogP contribution in [0.3, 0.4) is 0 Å². The Kier molecular flexibility index (Phi) is 4.26. The first kappa shape index (κ1) is 15.4. The highest BCUT2D eigenvalue weighted by Crippen LogP contribution is 2.22. The van der Waals surface area contributed by atoms with Gasteiger partial charge in [0.2, 0.25) is 0 Å². The van der Waals surface area contributed by atoms with Crippen LogP contribution in [0.2, 0.25) is 0 Å². The maximum Gasteiger partial charge on any atom is 0.197 e. The van der Waals surface area contributed by atoms with E-state index in [9.17, 15) is 9.00 Å². The van der Waals surface area contributed by atoms with Crippen molar-refractivity contribution in [1.82, 2.24) is 4.57 Å². The molecule has 0 amide bonds. The van der Waals surface area contributed by atoms with Crippen LogP contribution in [-0.2, 0) is 17.8 Å². The predicted octanol–water partition coefficient (Wildman–Crippen LogP) is 3.46. The standard InChI is InChI=1S/C19H17NO2S/c1-20-12-17(14-7-4-3-5-8-14)19(21)18(13-20)15-9-6-10-16(11-15)23(2)22/h3-13H,1-2H3. The van der Waals surface area contributed by atoms with Crippen molar-refractivity contribution in [3.05, 3.63) is 77.2 Å². The van der Waals surface area contributed by atoms with Crippen molar-refractivity contribution in [3.63, 3.8) is 0 Å². The lowest BCUT2D eigenvalue weighted by Gasteiger charge is -2.10. The topological polar surface area (TPSA) is 39.1 Å². The molecule has 0 radical (unpaired) electrons. The Morgan fingerprint density at radius 1 is 0.870 bits per heavy atom. The summed E-state index contributed by atoms with van der Waals surface area (Å²) in [5, 5.41) is 0. The van der Waals surface area contributed by atoms with Gasteiger partial charge in [-0.3, -0.25) is 9.00 Å². The van der Waals surface area contributed by atoms with Gasteiger partial charge in [-0.25, -0.2) is 0 Å². The molecule has 0 saturated heterocycles. The number of pyridine rings is 1. The smallest absolute Gasteiger partial charge is 0.197 e. The molecule has 0 spiro atoms. The first-order chi connectivity index (χ1) is 11.1. The van der Waals surface area contributed by atoms with Gasteiger partial charge in [0, 0.05) is 52.5 Å². The lowest BCUT2D eigenvalue weighted by molar-refractivity contribution is 0.687. The minimum absolute atomic E-state index is 0.0201. The summed E-state index contributed by atoms with van der Waals surface area (Å²) < 4.78 is 13.6. The van der Waals surface area contributed by atoms with Crippen LogP contribution in [0, 0.1) is 0 Å². The number of rotatable bonds is 3. The minimum Gasteiger partial charge on any atom is -0.356 e. The Morgan fingerprint density at radius 3 is 2.13 bits per heavy atom. The molecule has 23 heavy (non-hydrogen) atoms. The van der Waals surface area contributed by atoms with E-state index in [1.165, 1.54) is 0 Å². The minimum atomic E-state index is -1.08. The zero-order valence-electron chi connectivity index (χ0n) is 13.0. The molecule has 0 saturated carbocycles. The van der Waals surface area contributed by atoms with Gasteiger partial charge in [0.05, 0.1) is 0 Å². The summed E-state index contributed by atoms with van der Waals surface area (Å²) in [7, 11) is 0.825. The molecule has 1 unspecified atom stereocenters. The van der Waals surface area contributed by atoms with Crippen molar-refractivity contribution in [2.24, 2.45) is 7.05 Å². The highest BCUT2D eigenvalue weighted by Gasteiger charge is 2.11. The van der Waals surface area contributed by atoms with Gasteiger partial charge in [-0.1, -0.05) is 42.5 Å². The van der Waals surface area contributed by atoms with Crippen LogP contribution in [-0.4, -0.2) is 15.0 Å². The average molecular weight is 323 g/mol. The van der Waals surface area contributed by atoms with E-state index in [1.807, 2.05) is 78.6 Å². The first-order valence-corrected chi connectivity index (χ1v) is 8.81. The highest BCUT2D eigenvalue weighted by atomic mass is 32.2. The van der Waals surface area contributed by atoms with Crippen molar-refractivity contribution < 1.29 is 4.21 Å². The Labute approximate surface area is 137 Å². The van der Waals surface area contributed by atoms with Gasteiger partial charge in [-0.15, -0.1) is 0 Å². The fraction of sp³-hybridized carbons (Fsp3) is 0.105. The molecule has 0 aliphatic rings. The molecule has 0 N–H and O–H groups in total. The van der Waals surface area contributed by atoms with Crippen molar-refractivity contribution in [3.8, 4) is 22.3 Å². The first-order valence-electron chi connectivity index (χ1n) is 7.26. The number of nitrogens with zero attached hydrogens (tertiary/aromatic N) is 1. The second kappa shape index (κ2) is 6.34. The van der Waals surface area contributed by atoms with E-state index < -0.39 is 10.8 Å². The van der Waals surface area contributed by atoms with E-state index in [0.717, 1.165) is 16.0 Å². The van der Waals surface area contributed by atoms with Crippen molar-refractivity contribution in [2.75, 3.05) is 6.26 Å². The molecule has 0 bridgehead atoms. The van der Waals surface area contributed by atoms with E-state index in [0.29, 0.717) is 11.1 Å². The molecule has 0 fully saturated rings. The van der Waals surface area contributed by atoms with E-state index in [4.69, 9.17) is 0 Å². The predicted molar refractivity (Wildman–Crippen MR) is 94.9 cm³/mol. The third-order valence-electron chi connectivity index (χ3n) is 3.72. The Bertz CT molecular complexity index is 930. The molecule has 3 aromatic rings. The fourth-order valence-electron chi connectivity index (χ4n) is 2.58. The van der Waals surface area contributed by atoms with Crippen LogP contribution in [0.1, 0.15) is 0 Å². The molecule has 2 aromatic carbocycles. The number of aryl methyl sites for hydroxylation is 1. The van der Waals surface area contributed by atoms with Crippen molar-refractivity contribution in [2.45, 2.75) is 4.90 Å². The second-order valence-corrected chi connectivity index (χ2v) is 6.81. The molecule has 4 heteroatoms. The number of hydrogen-bond donors (Lipinski definition) is 0. The average Bonchev–Trinajstić information content (AvgIpc) is 2.57. The van der Waals surface area contributed by atoms with Crippen LogP contribution < -0.4 is 5.43 Å². The maximum atomic E-state index is 12.9. The largest absolute Gasteiger partial charge is 0.356 e. The molecule has 0 aliphatic carbocycles. The molecule has 1 heterocycles. The molecular formula is C19H17NO2S. The molecule has 116 valence electrons. The van der Waals surface area contributed by atoms with Crippen LogP contribution in [0.25, 0.3) is 22.3 Å². The normalized spacial score (nSPS) is 12.1. The van der Waals surface area contributed by atoms with Crippen LogP contribution in [0.4, 0.5) is 0 Å². The van der Waals surface area contributed by atoms with Crippen molar-refractivity contribution >= 4 is 10.8 Å². The van der Waals surface area contributed by atoms with Crippen LogP contribution >= 0.6 is 0 Å². The molecular weight excluding hydrogens is 306 g/mol. The summed E-state index contributed by atoms with van der Waals surface area (Å²) in [5.41, 5.74) is 2.93. The van der Waals surface area contributed by atoms with E-state index >= 15 is 0 Å². The summed E-state index contributed by atoms with van der Waals surface area (Å²) in [4.78, 5) is 13.6. The second-order valence-electron chi connectivity index (χ2n) is 5.43. The van der Waals surface area contributed by atoms with E-state index in [1.54, 1.807) is 6.26 Å². The monoisotopic (exact) mass is 323 g/mol. The zero-order valence-corrected chi connectivity index (χ0v) is 13.8. The summed E-state index contributed by atoms with van der Waals surface area (Å²) in [5.74, 6) is 0. The SMILES string of the molecule is Cn1cc(-c2ccccc2)c(=O)c(-c2cccc(S(C)=O)c2)c1. The third kappa shape index (κ3) is 3.17. The molecule has 0 aliphatic heterocycles. The van der Waals surface area contributed by atoms with Gasteiger partial charge in [0.1, 0.15) is 0 Å². The van der Waals surface area contributed by atoms with E-state index in [2.05, 4.69) is 0 Å². The van der Waals surface area contributed by atoms with Crippen molar-refractivity contribution in [1.29, 1.82) is 0 Å². The third-order valence-corrected chi connectivity index (χ3v) is 4.63. The number of aromatic nitrogens is 1. The Balaban J connectivity index is 2.22. The zero-order chi connectivity index (χ0) is 16.4. The van der Waals surface area contributed by atoms with Gasteiger partial charge in [0.25, 0.3) is 0 Å². The summed E-state index contributed by atoms with van der Waals surface area (Å²) in [6.07, 6.45) is 5.28. The van der Waals surface area contributed by atoms with Crippen LogP contribution in [0.5, 0.6) is 0 Å². The summed E-state index contributed by atoms with van der Waals surface area (Å²) >= 11 is 0. The van der Waals surface area contributed by atoms with E-state index in [-0.39, 0.29) is 5.43 Å². The van der Waals surface area contributed by atoms with Crippen LogP contribution in [0.15, 0.2) is 76.7 Å². The molecule has 1 atom stereocenters. The lowest BCUT2D eigenvalue weighted by atomic mass is 10.0. The Morgan fingerprint density at radius 2 is 1.48 bits per heavy atom. The Hall–Kier alpha value is -2.46. The van der Waals surface area contributed by atoms with Gasteiger partial charge in [-0.05, 0) is 23.3 Å². The van der Waals surface area contributed by atoms with Gasteiger partial charge >= 0.3 is 0 Å². The van der Waals surface area contributed by atoms with Gasteiger partial charge in [0.15, 0.2) is 5.43 Å². The molecule has 3 nitrogen and oxygen atoms in total. The number of hydrogen-bond acceptors (Lipinski definition) is 2. The quantitative estimate of drug-likeness (QED) is 0.740. The maximum absolute atomic E-state index is 12.9. The number of benzene rings is 2. The molecule has 1 aromatic heterocycles. The highest BCUT2D eigenvalue weighted by molar-refractivity contribution is 7.84.